The van der Waals surface area contributed by atoms with Crippen LogP contribution in [0.1, 0.15) is 56.6 Å². The molecule has 166 valence electrons. The van der Waals surface area contributed by atoms with E-state index in [1.165, 1.54) is 18.6 Å². The minimum absolute atomic E-state index is 0.140. The SMILES string of the molecule is CC[C@@H](C(=O)NC1CCCCC1)N(Cc1ccccc1)C(=O)Cc1c(F)cccc1Cl. The summed E-state index contributed by atoms with van der Waals surface area (Å²) >= 11 is 6.15. The first-order valence-electron chi connectivity index (χ1n) is 11.1. The highest BCUT2D eigenvalue weighted by Crippen LogP contribution is 2.23. The molecule has 31 heavy (non-hydrogen) atoms. The van der Waals surface area contributed by atoms with E-state index in [0.717, 1.165) is 31.2 Å². The smallest absolute Gasteiger partial charge is 0.243 e. The third-order valence-corrected chi connectivity index (χ3v) is 6.28. The van der Waals surface area contributed by atoms with Gasteiger partial charge in [0.1, 0.15) is 11.9 Å². The van der Waals surface area contributed by atoms with Crippen molar-refractivity contribution in [2.45, 2.75) is 70.5 Å². The van der Waals surface area contributed by atoms with Crippen molar-refractivity contribution in [2.75, 3.05) is 0 Å². The van der Waals surface area contributed by atoms with Crippen LogP contribution in [-0.4, -0.2) is 28.8 Å². The molecule has 0 saturated heterocycles. The van der Waals surface area contributed by atoms with E-state index in [1.807, 2.05) is 37.3 Å². The fourth-order valence-electron chi connectivity index (χ4n) is 4.20. The predicted octanol–water partition coefficient (Wildman–Crippen LogP) is 5.28. The summed E-state index contributed by atoms with van der Waals surface area (Å²) in [7, 11) is 0. The van der Waals surface area contributed by atoms with Crippen molar-refractivity contribution < 1.29 is 14.0 Å². The Kier molecular flexibility index (Phi) is 8.47. The van der Waals surface area contributed by atoms with E-state index in [9.17, 15) is 14.0 Å². The lowest BCUT2D eigenvalue weighted by Crippen LogP contribution is -2.52. The van der Waals surface area contributed by atoms with Crippen molar-refractivity contribution in [2.24, 2.45) is 0 Å². The molecule has 1 saturated carbocycles. The molecule has 0 aliphatic heterocycles. The number of benzene rings is 2. The van der Waals surface area contributed by atoms with Gasteiger partial charge in [0.2, 0.25) is 11.8 Å². The molecule has 0 radical (unpaired) electrons. The summed E-state index contributed by atoms with van der Waals surface area (Å²) in [4.78, 5) is 28.1. The zero-order valence-corrected chi connectivity index (χ0v) is 18.7. The molecule has 4 nitrogen and oxygen atoms in total. The van der Waals surface area contributed by atoms with Gasteiger partial charge in [0.25, 0.3) is 0 Å². The highest BCUT2D eigenvalue weighted by atomic mass is 35.5. The largest absolute Gasteiger partial charge is 0.352 e. The van der Waals surface area contributed by atoms with E-state index in [4.69, 9.17) is 11.6 Å². The third-order valence-electron chi connectivity index (χ3n) is 5.92. The Morgan fingerprint density at radius 2 is 1.81 bits per heavy atom. The van der Waals surface area contributed by atoms with Crippen LogP contribution in [0.4, 0.5) is 4.39 Å². The molecule has 1 atom stereocenters. The number of hydrogen-bond acceptors (Lipinski definition) is 2. The number of carbonyl (C=O) groups is 2. The number of carbonyl (C=O) groups excluding carboxylic acids is 2. The van der Waals surface area contributed by atoms with Gasteiger partial charge >= 0.3 is 0 Å². The molecule has 0 heterocycles. The van der Waals surface area contributed by atoms with Gasteiger partial charge in [0, 0.05) is 23.2 Å². The molecule has 3 rings (SSSR count). The zero-order valence-electron chi connectivity index (χ0n) is 17.9. The molecular formula is C25H30ClFN2O2. The van der Waals surface area contributed by atoms with Crippen LogP contribution in [0, 0.1) is 5.82 Å². The summed E-state index contributed by atoms with van der Waals surface area (Å²) in [5.74, 6) is -0.972. The maximum atomic E-state index is 14.3. The monoisotopic (exact) mass is 444 g/mol. The normalized spacial score (nSPS) is 15.3. The molecule has 0 bridgehead atoms. The third kappa shape index (κ3) is 6.30. The minimum Gasteiger partial charge on any atom is -0.352 e. The fourth-order valence-corrected chi connectivity index (χ4v) is 4.43. The number of nitrogens with one attached hydrogen (secondary N) is 1. The molecule has 0 aromatic heterocycles. The zero-order chi connectivity index (χ0) is 22.2. The van der Waals surface area contributed by atoms with Crippen molar-refractivity contribution in [1.29, 1.82) is 0 Å². The molecule has 0 spiro atoms. The molecule has 2 amide bonds. The minimum atomic E-state index is -0.625. The van der Waals surface area contributed by atoms with E-state index in [0.29, 0.717) is 6.42 Å². The summed E-state index contributed by atoms with van der Waals surface area (Å²) in [5.41, 5.74) is 1.08. The van der Waals surface area contributed by atoms with Gasteiger partial charge in [0.05, 0.1) is 6.42 Å². The van der Waals surface area contributed by atoms with Crippen LogP contribution < -0.4 is 5.32 Å². The molecule has 1 fully saturated rings. The quantitative estimate of drug-likeness (QED) is 0.602. The highest BCUT2D eigenvalue weighted by molar-refractivity contribution is 6.31. The molecule has 2 aromatic carbocycles. The van der Waals surface area contributed by atoms with Crippen LogP contribution in [0.2, 0.25) is 5.02 Å². The fraction of sp³-hybridized carbons (Fsp3) is 0.440. The Bertz CT molecular complexity index is 864. The van der Waals surface area contributed by atoms with Gasteiger partial charge in [-0.05, 0) is 37.0 Å². The van der Waals surface area contributed by atoms with Crippen molar-refractivity contribution >= 4 is 23.4 Å². The molecule has 0 unspecified atom stereocenters. The lowest BCUT2D eigenvalue weighted by Gasteiger charge is -2.33. The Balaban J connectivity index is 1.83. The average molecular weight is 445 g/mol. The Morgan fingerprint density at radius 1 is 1.10 bits per heavy atom. The number of halogens is 2. The Hall–Kier alpha value is -2.40. The number of rotatable bonds is 8. The van der Waals surface area contributed by atoms with Gasteiger partial charge in [-0.1, -0.05) is 74.2 Å². The first kappa shape index (κ1) is 23.3. The van der Waals surface area contributed by atoms with E-state index >= 15 is 0 Å². The summed E-state index contributed by atoms with van der Waals surface area (Å²) in [5, 5.41) is 3.36. The van der Waals surface area contributed by atoms with E-state index < -0.39 is 11.9 Å². The van der Waals surface area contributed by atoms with Crippen LogP contribution in [0.15, 0.2) is 48.5 Å². The summed E-state index contributed by atoms with van der Waals surface area (Å²) in [6.45, 7) is 2.18. The second-order valence-electron chi connectivity index (χ2n) is 8.15. The predicted molar refractivity (Wildman–Crippen MR) is 121 cm³/mol. The maximum Gasteiger partial charge on any atom is 0.243 e. The first-order chi connectivity index (χ1) is 15.0. The lowest BCUT2D eigenvalue weighted by atomic mass is 9.95. The standard InChI is InChI=1S/C25H30ClFN2O2/c1-2-23(25(31)28-19-12-7-4-8-13-19)29(17-18-10-5-3-6-11-18)24(30)16-20-21(26)14-9-15-22(20)27/h3,5-6,9-11,14-15,19,23H,2,4,7-8,12-13,16-17H2,1H3,(H,28,31)/t23-/m0/s1. The number of nitrogens with zero attached hydrogens (tertiary/aromatic N) is 1. The molecule has 1 aliphatic rings. The Labute approximate surface area is 188 Å². The van der Waals surface area contributed by atoms with E-state index in [-0.39, 0.29) is 41.4 Å². The van der Waals surface area contributed by atoms with Gasteiger partial charge in [0.15, 0.2) is 0 Å². The van der Waals surface area contributed by atoms with Crippen molar-refractivity contribution in [3.05, 3.63) is 70.5 Å². The number of hydrogen-bond donors (Lipinski definition) is 1. The maximum absolute atomic E-state index is 14.3. The van der Waals surface area contributed by atoms with Crippen LogP contribution >= 0.6 is 11.6 Å². The van der Waals surface area contributed by atoms with Gasteiger partial charge in [-0.2, -0.15) is 0 Å². The van der Waals surface area contributed by atoms with Crippen LogP contribution in [0.3, 0.4) is 0 Å². The topological polar surface area (TPSA) is 49.4 Å². The summed E-state index contributed by atoms with van der Waals surface area (Å²) < 4.78 is 14.3. The van der Waals surface area contributed by atoms with Crippen molar-refractivity contribution in [3.8, 4) is 0 Å². The number of amides is 2. The average Bonchev–Trinajstić information content (AvgIpc) is 2.77. The highest BCUT2D eigenvalue weighted by Gasteiger charge is 2.31. The van der Waals surface area contributed by atoms with Gasteiger partial charge in [-0.25, -0.2) is 4.39 Å². The summed E-state index contributed by atoms with van der Waals surface area (Å²) in [6, 6.07) is 13.4. The molecule has 6 heteroatoms. The van der Waals surface area contributed by atoms with Gasteiger partial charge in [-0.3, -0.25) is 9.59 Å². The molecule has 1 aliphatic carbocycles. The molecule has 2 aromatic rings. The molecular weight excluding hydrogens is 415 g/mol. The van der Waals surface area contributed by atoms with E-state index in [2.05, 4.69) is 5.32 Å². The lowest BCUT2D eigenvalue weighted by molar-refractivity contribution is -0.141. The summed E-state index contributed by atoms with van der Waals surface area (Å²) in [6.07, 6.45) is 5.65. The van der Waals surface area contributed by atoms with Gasteiger partial charge < -0.3 is 10.2 Å². The molecule has 1 N–H and O–H groups in total. The van der Waals surface area contributed by atoms with Gasteiger partial charge in [-0.15, -0.1) is 0 Å². The van der Waals surface area contributed by atoms with Crippen LogP contribution in [0.25, 0.3) is 0 Å². The van der Waals surface area contributed by atoms with Crippen molar-refractivity contribution in [3.63, 3.8) is 0 Å². The van der Waals surface area contributed by atoms with Crippen LogP contribution in [-0.2, 0) is 22.6 Å². The van der Waals surface area contributed by atoms with E-state index in [1.54, 1.807) is 11.0 Å². The first-order valence-corrected chi connectivity index (χ1v) is 11.4. The van der Waals surface area contributed by atoms with Crippen molar-refractivity contribution in [1.82, 2.24) is 10.2 Å². The second kappa shape index (κ2) is 11.3. The Morgan fingerprint density at radius 3 is 2.45 bits per heavy atom. The second-order valence-corrected chi connectivity index (χ2v) is 8.56. The van der Waals surface area contributed by atoms with Crippen LogP contribution in [0.5, 0.6) is 0 Å².